The Kier molecular flexibility index (Phi) is 4.00. The summed E-state index contributed by atoms with van der Waals surface area (Å²) in [5.74, 6) is 0.248. The standard InChI is InChI=1S/C14H13Cl2NO/c1-9(10-3-2-4-12(18)7-10)17-14-8-11(15)5-6-13(14)16/h2-9,17-18H,1H3. The molecule has 0 amide bonds. The number of nitrogens with one attached hydrogen (secondary N) is 1. The van der Waals surface area contributed by atoms with Gasteiger partial charge in [0.1, 0.15) is 5.75 Å². The Balaban J connectivity index is 2.21. The summed E-state index contributed by atoms with van der Waals surface area (Å²) in [5.41, 5.74) is 1.76. The minimum atomic E-state index is 0.0214. The van der Waals surface area contributed by atoms with Crippen LogP contribution >= 0.6 is 23.2 Å². The van der Waals surface area contributed by atoms with Crippen LogP contribution in [0.4, 0.5) is 5.69 Å². The van der Waals surface area contributed by atoms with Crippen molar-refractivity contribution in [3.8, 4) is 5.75 Å². The van der Waals surface area contributed by atoms with E-state index in [9.17, 15) is 5.11 Å². The first-order valence-electron chi connectivity index (χ1n) is 5.57. The van der Waals surface area contributed by atoms with Crippen molar-refractivity contribution in [3.05, 3.63) is 58.1 Å². The Bertz CT molecular complexity index is 557. The molecule has 0 aliphatic rings. The molecule has 0 radical (unpaired) electrons. The second kappa shape index (κ2) is 5.51. The molecule has 0 aliphatic carbocycles. The first-order chi connectivity index (χ1) is 8.56. The van der Waals surface area contributed by atoms with Gasteiger partial charge in [0.2, 0.25) is 0 Å². The minimum Gasteiger partial charge on any atom is -0.508 e. The van der Waals surface area contributed by atoms with Crippen LogP contribution in [0.2, 0.25) is 10.0 Å². The molecule has 0 saturated carbocycles. The molecule has 0 spiro atoms. The molecule has 0 bridgehead atoms. The normalized spacial score (nSPS) is 12.2. The third kappa shape index (κ3) is 3.09. The van der Waals surface area contributed by atoms with Gasteiger partial charge in [-0.2, -0.15) is 0 Å². The molecule has 18 heavy (non-hydrogen) atoms. The summed E-state index contributed by atoms with van der Waals surface area (Å²) in [4.78, 5) is 0. The van der Waals surface area contributed by atoms with Crippen LogP contribution in [0.3, 0.4) is 0 Å². The minimum absolute atomic E-state index is 0.0214. The van der Waals surface area contributed by atoms with E-state index in [1.807, 2.05) is 19.1 Å². The van der Waals surface area contributed by atoms with Crippen molar-refractivity contribution in [2.24, 2.45) is 0 Å². The molecular weight excluding hydrogens is 269 g/mol. The van der Waals surface area contributed by atoms with Gasteiger partial charge < -0.3 is 10.4 Å². The maximum atomic E-state index is 9.45. The van der Waals surface area contributed by atoms with E-state index < -0.39 is 0 Å². The van der Waals surface area contributed by atoms with Crippen molar-refractivity contribution < 1.29 is 5.11 Å². The van der Waals surface area contributed by atoms with Crippen molar-refractivity contribution >= 4 is 28.9 Å². The largest absolute Gasteiger partial charge is 0.508 e. The predicted molar refractivity (Wildman–Crippen MR) is 76.6 cm³/mol. The van der Waals surface area contributed by atoms with Crippen molar-refractivity contribution in [2.45, 2.75) is 13.0 Å². The van der Waals surface area contributed by atoms with E-state index in [2.05, 4.69) is 5.32 Å². The van der Waals surface area contributed by atoms with Crippen molar-refractivity contribution in [1.29, 1.82) is 0 Å². The fourth-order valence-corrected chi connectivity index (χ4v) is 2.06. The van der Waals surface area contributed by atoms with Gasteiger partial charge in [-0.15, -0.1) is 0 Å². The van der Waals surface area contributed by atoms with Gasteiger partial charge in [0, 0.05) is 11.1 Å². The van der Waals surface area contributed by atoms with Gasteiger partial charge in [0.15, 0.2) is 0 Å². The summed E-state index contributed by atoms with van der Waals surface area (Å²) in [5, 5.41) is 14.0. The summed E-state index contributed by atoms with van der Waals surface area (Å²) < 4.78 is 0. The highest BCUT2D eigenvalue weighted by atomic mass is 35.5. The lowest BCUT2D eigenvalue weighted by Crippen LogP contribution is -2.06. The highest BCUT2D eigenvalue weighted by Gasteiger charge is 2.08. The third-order valence-corrected chi connectivity index (χ3v) is 3.24. The zero-order valence-electron chi connectivity index (χ0n) is 9.82. The molecule has 0 aliphatic heterocycles. The predicted octanol–water partition coefficient (Wildman–Crippen LogP) is 4.87. The zero-order valence-corrected chi connectivity index (χ0v) is 11.3. The highest BCUT2D eigenvalue weighted by Crippen LogP contribution is 2.29. The molecule has 1 atom stereocenters. The number of halogens is 2. The van der Waals surface area contributed by atoms with E-state index in [0.29, 0.717) is 10.0 Å². The smallest absolute Gasteiger partial charge is 0.115 e. The fourth-order valence-electron chi connectivity index (χ4n) is 1.72. The number of anilines is 1. The second-order valence-corrected chi connectivity index (χ2v) is 4.93. The topological polar surface area (TPSA) is 32.3 Å². The Morgan fingerprint density at radius 1 is 1.11 bits per heavy atom. The molecule has 2 aromatic rings. The van der Waals surface area contributed by atoms with Gasteiger partial charge in [-0.3, -0.25) is 0 Å². The molecule has 2 aromatic carbocycles. The second-order valence-electron chi connectivity index (χ2n) is 4.09. The van der Waals surface area contributed by atoms with E-state index in [-0.39, 0.29) is 11.8 Å². The first kappa shape index (κ1) is 13.1. The quantitative estimate of drug-likeness (QED) is 0.841. The average Bonchev–Trinajstić information content (AvgIpc) is 2.34. The summed E-state index contributed by atoms with van der Waals surface area (Å²) in [6.07, 6.45) is 0. The summed E-state index contributed by atoms with van der Waals surface area (Å²) in [6.45, 7) is 1.99. The van der Waals surface area contributed by atoms with Gasteiger partial charge in [-0.05, 0) is 42.8 Å². The van der Waals surface area contributed by atoms with Crippen LogP contribution < -0.4 is 5.32 Å². The molecule has 1 unspecified atom stereocenters. The number of hydrogen-bond acceptors (Lipinski definition) is 2. The number of hydrogen-bond donors (Lipinski definition) is 2. The molecule has 0 saturated heterocycles. The third-order valence-electron chi connectivity index (χ3n) is 2.67. The number of rotatable bonds is 3. The highest BCUT2D eigenvalue weighted by molar-refractivity contribution is 6.35. The van der Waals surface area contributed by atoms with Crippen LogP contribution in [0, 0.1) is 0 Å². The number of aromatic hydroxyl groups is 1. The molecule has 2 rings (SSSR count). The molecule has 0 fully saturated rings. The van der Waals surface area contributed by atoms with Crippen molar-refractivity contribution in [1.82, 2.24) is 0 Å². The van der Waals surface area contributed by atoms with Gasteiger partial charge in [-0.25, -0.2) is 0 Å². The van der Waals surface area contributed by atoms with Crippen molar-refractivity contribution in [3.63, 3.8) is 0 Å². The first-order valence-corrected chi connectivity index (χ1v) is 6.32. The van der Waals surface area contributed by atoms with Gasteiger partial charge in [0.25, 0.3) is 0 Å². The molecule has 2 N–H and O–H groups in total. The van der Waals surface area contributed by atoms with E-state index in [1.165, 1.54) is 0 Å². The van der Waals surface area contributed by atoms with Crippen LogP contribution in [0.25, 0.3) is 0 Å². The lowest BCUT2D eigenvalue weighted by Gasteiger charge is -2.17. The maximum Gasteiger partial charge on any atom is 0.115 e. The van der Waals surface area contributed by atoms with Gasteiger partial charge in [0.05, 0.1) is 10.7 Å². The Morgan fingerprint density at radius 2 is 1.89 bits per heavy atom. The maximum absolute atomic E-state index is 9.45. The van der Waals surface area contributed by atoms with E-state index in [0.717, 1.165) is 11.3 Å². The lowest BCUT2D eigenvalue weighted by atomic mass is 10.1. The lowest BCUT2D eigenvalue weighted by molar-refractivity contribution is 0.474. The number of phenols is 1. The Labute approximate surface area is 116 Å². The van der Waals surface area contributed by atoms with Crippen molar-refractivity contribution in [2.75, 3.05) is 5.32 Å². The Morgan fingerprint density at radius 3 is 2.61 bits per heavy atom. The summed E-state index contributed by atoms with van der Waals surface area (Å²) >= 11 is 12.0. The van der Waals surface area contributed by atoms with Crippen LogP contribution in [0.15, 0.2) is 42.5 Å². The number of benzene rings is 2. The van der Waals surface area contributed by atoms with E-state index >= 15 is 0 Å². The molecule has 0 aromatic heterocycles. The summed E-state index contributed by atoms with van der Waals surface area (Å²) in [7, 11) is 0. The molecule has 94 valence electrons. The van der Waals surface area contributed by atoms with Crippen LogP contribution in [-0.2, 0) is 0 Å². The van der Waals surface area contributed by atoms with E-state index in [1.54, 1.807) is 30.3 Å². The fraction of sp³-hybridized carbons (Fsp3) is 0.143. The van der Waals surface area contributed by atoms with Crippen LogP contribution in [0.5, 0.6) is 5.75 Å². The monoisotopic (exact) mass is 281 g/mol. The SMILES string of the molecule is CC(Nc1cc(Cl)ccc1Cl)c1cccc(O)c1. The molecule has 0 heterocycles. The van der Waals surface area contributed by atoms with Gasteiger partial charge >= 0.3 is 0 Å². The van der Waals surface area contributed by atoms with Crippen LogP contribution in [-0.4, -0.2) is 5.11 Å². The number of phenolic OH excluding ortho intramolecular Hbond substituents is 1. The Hall–Kier alpha value is -1.38. The average molecular weight is 282 g/mol. The van der Waals surface area contributed by atoms with Gasteiger partial charge in [-0.1, -0.05) is 35.3 Å². The van der Waals surface area contributed by atoms with E-state index in [4.69, 9.17) is 23.2 Å². The molecule has 4 heteroatoms. The summed E-state index contributed by atoms with van der Waals surface area (Å²) in [6, 6.07) is 12.4. The zero-order chi connectivity index (χ0) is 13.1. The molecular formula is C14H13Cl2NO. The van der Waals surface area contributed by atoms with Crippen LogP contribution in [0.1, 0.15) is 18.5 Å². The molecule has 2 nitrogen and oxygen atoms in total.